The van der Waals surface area contributed by atoms with E-state index in [-0.39, 0.29) is 5.91 Å². The van der Waals surface area contributed by atoms with E-state index in [1.807, 2.05) is 36.4 Å². The first-order valence-electron chi connectivity index (χ1n) is 6.95. The molecule has 1 amide bonds. The first-order valence-corrected chi connectivity index (χ1v) is 6.95. The van der Waals surface area contributed by atoms with Gasteiger partial charge in [-0.25, -0.2) is 4.79 Å². The monoisotopic (exact) mass is 295 g/mol. The molecule has 0 spiro atoms. The van der Waals surface area contributed by atoms with Gasteiger partial charge >= 0.3 is 5.97 Å². The quantitative estimate of drug-likeness (QED) is 0.524. The second-order valence-electron chi connectivity index (χ2n) is 4.71. The zero-order chi connectivity index (χ0) is 15.8. The van der Waals surface area contributed by atoms with E-state index in [0.29, 0.717) is 5.75 Å². The molecule has 0 saturated heterocycles. The summed E-state index contributed by atoms with van der Waals surface area (Å²) >= 11 is 0. The van der Waals surface area contributed by atoms with Crippen LogP contribution >= 0.6 is 0 Å². The lowest BCUT2D eigenvalue weighted by Gasteiger charge is -2.11. The number of carbonyl (C=O) groups excluding carboxylic acids is 2. The summed E-state index contributed by atoms with van der Waals surface area (Å²) in [5.74, 6) is -0.401. The molecule has 0 aromatic heterocycles. The number of nitrogens with one attached hydrogen (secondary N) is 1. The molecule has 2 aromatic rings. The van der Waals surface area contributed by atoms with Crippen LogP contribution < -0.4 is 10.1 Å². The van der Waals surface area contributed by atoms with Gasteiger partial charge in [0.1, 0.15) is 11.8 Å². The maximum Gasteiger partial charge on any atom is 0.333 e. The molecule has 2 rings (SSSR count). The Morgan fingerprint density at radius 1 is 1.00 bits per heavy atom. The fourth-order valence-electron chi connectivity index (χ4n) is 1.75. The number of esters is 1. The van der Waals surface area contributed by atoms with E-state index in [2.05, 4.69) is 5.32 Å². The second-order valence-corrected chi connectivity index (χ2v) is 4.71. The lowest BCUT2D eigenvalue weighted by atomic mass is 10.2. The third-order valence-corrected chi connectivity index (χ3v) is 2.90. The molecule has 0 aliphatic heterocycles. The zero-order valence-corrected chi connectivity index (χ0v) is 12.2. The summed E-state index contributed by atoms with van der Waals surface area (Å²) in [4.78, 5) is 23.6. The van der Waals surface area contributed by atoms with Gasteiger partial charge in [0.15, 0.2) is 0 Å². The van der Waals surface area contributed by atoms with Gasteiger partial charge in [0.25, 0.3) is 0 Å². The maximum absolute atomic E-state index is 11.9. The summed E-state index contributed by atoms with van der Waals surface area (Å²) in [6, 6.07) is 17.5. The fraction of sp³-hybridized carbons (Fsp3) is 0.111. The molecule has 22 heavy (non-hydrogen) atoms. The molecule has 0 bridgehead atoms. The van der Waals surface area contributed by atoms with Gasteiger partial charge in [-0.15, -0.1) is 0 Å². The third-order valence-electron chi connectivity index (χ3n) is 2.90. The Morgan fingerprint density at radius 2 is 1.59 bits per heavy atom. The van der Waals surface area contributed by atoms with Crippen molar-refractivity contribution >= 4 is 18.0 Å². The van der Waals surface area contributed by atoms with Crippen LogP contribution in [0, 0.1) is 0 Å². The summed E-state index contributed by atoms with van der Waals surface area (Å²) in [6.45, 7) is 1.58. The minimum Gasteiger partial charge on any atom is -0.425 e. The molecule has 1 atom stereocenters. The third kappa shape index (κ3) is 4.90. The topological polar surface area (TPSA) is 55.4 Å². The molecule has 2 aromatic carbocycles. The highest BCUT2D eigenvalue weighted by Gasteiger charge is 2.16. The molecule has 0 radical (unpaired) electrons. The standard InChI is InChI=1S/C18H17NO3/c1-14(18(21)22-16-10-6-3-7-11-16)19-17(20)13-12-15-8-4-2-5-9-15/h2-14H,1H3,(H,19,20)/t14-/m0/s1. The Bertz CT molecular complexity index is 651. The number of para-hydroxylation sites is 1. The highest BCUT2D eigenvalue weighted by atomic mass is 16.5. The maximum atomic E-state index is 11.9. The van der Waals surface area contributed by atoms with Crippen LogP contribution in [0.2, 0.25) is 0 Å². The predicted molar refractivity (Wildman–Crippen MR) is 85.2 cm³/mol. The van der Waals surface area contributed by atoms with Crippen molar-refractivity contribution in [3.8, 4) is 5.75 Å². The first-order chi connectivity index (χ1) is 10.6. The van der Waals surface area contributed by atoms with Crippen LogP contribution in [-0.4, -0.2) is 17.9 Å². The van der Waals surface area contributed by atoms with Crippen LogP contribution in [0.5, 0.6) is 5.75 Å². The van der Waals surface area contributed by atoms with E-state index in [1.165, 1.54) is 6.08 Å². The minimum absolute atomic E-state index is 0.346. The molecule has 1 N–H and O–H groups in total. The second kappa shape index (κ2) is 7.78. The normalized spacial score (nSPS) is 11.9. The molecule has 0 saturated carbocycles. The lowest BCUT2D eigenvalue weighted by Crippen LogP contribution is -2.39. The van der Waals surface area contributed by atoms with Crippen LogP contribution in [0.15, 0.2) is 66.7 Å². The summed E-state index contributed by atoms with van der Waals surface area (Å²) in [6.07, 6.45) is 3.08. The molecule has 4 nitrogen and oxygen atoms in total. The molecular formula is C18H17NO3. The number of ether oxygens (including phenoxy) is 1. The average molecular weight is 295 g/mol. The molecule has 0 heterocycles. The van der Waals surface area contributed by atoms with E-state index in [0.717, 1.165) is 5.56 Å². The van der Waals surface area contributed by atoms with Crippen LogP contribution in [0.3, 0.4) is 0 Å². The Balaban J connectivity index is 1.85. The van der Waals surface area contributed by atoms with Crippen LogP contribution in [-0.2, 0) is 9.59 Å². The van der Waals surface area contributed by atoms with Gasteiger partial charge in [0.05, 0.1) is 0 Å². The zero-order valence-electron chi connectivity index (χ0n) is 12.2. The highest BCUT2D eigenvalue weighted by molar-refractivity contribution is 5.94. The number of hydrogen-bond donors (Lipinski definition) is 1. The van der Waals surface area contributed by atoms with Gasteiger partial charge in [-0.1, -0.05) is 48.5 Å². The van der Waals surface area contributed by atoms with Gasteiger partial charge in [-0.2, -0.15) is 0 Å². The lowest BCUT2D eigenvalue weighted by molar-refractivity contribution is -0.138. The van der Waals surface area contributed by atoms with Crippen molar-refractivity contribution < 1.29 is 14.3 Å². The van der Waals surface area contributed by atoms with Gasteiger partial charge in [-0.05, 0) is 30.7 Å². The number of rotatable bonds is 5. The van der Waals surface area contributed by atoms with Crippen molar-refractivity contribution in [1.82, 2.24) is 5.32 Å². The molecule has 112 valence electrons. The Hall–Kier alpha value is -2.88. The fourth-order valence-corrected chi connectivity index (χ4v) is 1.75. The first kappa shape index (κ1) is 15.5. The molecule has 0 aliphatic carbocycles. The van der Waals surface area contributed by atoms with Crippen molar-refractivity contribution in [3.63, 3.8) is 0 Å². The van der Waals surface area contributed by atoms with E-state index in [1.54, 1.807) is 37.3 Å². The van der Waals surface area contributed by atoms with E-state index < -0.39 is 12.0 Å². The molecular weight excluding hydrogens is 278 g/mol. The number of benzene rings is 2. The number of amides is 1. The van der Waals surface area contributed by atoms with Crippen molar-refractivity contribution in [2.24, 2.45) is 0 Å². The van der Waals surface area contributed by atoms with Gasteiger partial charge < -0.3 is 10.1 Å². The van der Waals surface area contributed by atoms with E-state index in [4.69, 9.17) is 4.74 Å². The highest BCUT2D eigenvalue weighted by Crippen LogP contribution is 2.09. The Kier molecular flexibility index (Phi) is 5.49. The van der Waals surface area contributed by atoms with Crippen molar-refractivity contribution in [1.29, 1.82) is 0 Å². The Labute approximate surface area is 129 Å². The molecule has 0 unspecified atom stereocenters. The Morgan fingerprint density at radius 3 is 2.23 bits per heavy atom. The van der Waals surface area contributed by atoms with E-state index in [9.17, 15) is 9.59 Å². The summed E-state index contributed by atoms with van der Waals surface area (Å²) in [5.41, 5.74) is 0.914. The number of hydrogen-bond acceptors (Lipinski definition) is 3. The van der Waals surface area contributed by atoms with Crippen LogP contribution in [0.4, 0.5) is 0 Å². The molecule has 0 fully saturated rings. The summed E-state index contributed by atoms with van der Waals surface area (Å²) in [5, 5.41) is 2.57. The van der Waals surface area contributed by atoms with Crippen LogP contribution in [0.25, 0.3) is 6.08 Å². The van der Waals surface area contributed by atoms with Gasteiger partial charge in [0, 0.05) is 6.08 Å². The van der Waals surface area contributed by atoms with Crippen LogP contribution in [0.1, 0.15) is 12.5 Å². The van der Waals surface area contributed by atoms with Crippen molar-refractivity contribution in [2.45, 2.75) is 13.0 Å². The molecule has 4 heteroatoms. The largest absolute Gasteiger partial charge is 0.425 e. The average Bonchev–Trinajstić information content (AvgIpc) is 2.55. The minimum atomic E-state index is -0.729. The smallest absolute Gasteiger partial charge is 0.333 e. The summed E-state index contributed by atoms with van der Waals surface area (Å²) < 4.78 is 5.16. The van der Waals surface area contributed by atoms with Gasteiger partial charge in [-0.3, -0.25) is 4.79 Å². The summed E-state index contributed by atoms with van der Waals surface area (Å²) in [7, 11) is 0. The van der Waals surface area contributed by atoms with E-state index >= 15 is 0 Å². The number of carbonyl (C=O) groups is 2. The molecule has 0 aliphatic rings. The van der Waals surface area contributed by atoms with Gasteiger partial charge in [0.2, 0.25) is 5.91 Å². The van der Waals surface area contributed by atoms with Crippen molar-refractivity contribution in [3.05, 3.63) is 72.3 Å². The predicted octanol–water partition coefficient (Wildman–Crippen LogP) is 2.81. The van der Waals surface area contributed by atoms with Crippen molar-refractivity contribution in [2.75, 3.05) is 0 Å². The SMILES string of the molecule is C[C@H](NC(=O)C=Cc1ccccc1)C(=O)Oc1ccccc1.